The molecule has 1 aliphatic heterocycles. The summed E-state index contributed by atoms with van der Waals surface area (Å²) < 4.78 is 0. The Morgan fingerprint density at radius 1 is 1.56 bits per heavy atom. The molecular formula is C12H19N3O. The highest BCUT2D eigenvalue weighted by Crippen LogP contribution is 2.06. The van der Waals surface area contributed by atoms with Crippen LogP contribution in [0.2, 0.25) is 0 Å². The Labute approximate surface area is 96.3 Å². The third-order valence-corrected chi connectivity index (χ3v) is 2.91. The number of aliphatic hydroxyl groups excluding tert-OH is 1. The average molecular weight is 221 g/mol. The molecule has 1 aromatic rings. The zero-order chi connectivity index (χ0) is 11.2. The van der Waals surface area contributed by atoms with Gasteiger partial charge in [-0.25, -0.2) is 0 Å². The Morgan fingerprint density at radius 2 is 2.50 bits per heavy atom. The van der Waals surface area contributed by atoms with Crippen LogP contribution < -0.4 is 5.32 Å². The van der Waals surface area contributed by atoms with Gasteiger partial charge in [-0.2, -0.15) is 0 Å². The SMILES string of the molecule is OCC1CN(Cc2cccnc2)CCCN1. The summed E-state index contributed by atoms with van der Waals surface area (Å²) in [7, 11) is 0. The van der Waals surface area contributed by atoms with Gasteiger partial charge in [0.1, 0.15) is 0 Å². The van der Waals surface area contributed by atoms with E-state index >= 15 is 0 Å². The smallest absolute Gasteiger partial charge is 0.0597 e. The highest BCUT2D eigenvalue weighted by Gasteiger charge is 2.16. The monoisotopic (exact) mass is 221 g/mol. The molecule has 1 fully saturated rings. The van der Waals surface area contributed by atoms with Crippen LogP contribution in [0, 0.1) is 0 Å². The van der Waals surface area contributed by atoms with E-state index in [2.05, 4.69) is 21.3 Å². The van der Waals surface area contributed by atoms with Crippen molar-refractivity contribution in [2.75, 3.05) is 26.2 Å². The minimum absolute atomic E-state index is 0.208. The van der Waals surface area contributed by atoms with Crippen LogP contribution in [-0.4, -0.2) is 47.3 Å². The van der Waals surface area contributed by atoms with Crippen LogP contribution in [0.3, 0.4) is 0 Å². The molecule has 4 heteroatoms. The minimum atomic E-state index is 0.208. The van der Waals surface area contributed by atoms with Crippen LogP contribution in [0.1, 0.15) is 12.0 Å². The van der Waals surface area contributed by atoms with Gasteiger partial charge in [0, 0.05) is 31.5 Å². The van der Waals surface area contributed by atoms with E-state index in [9.17, 15) is 5.11 Å². The summed E-state index contributed by atoms with van der Waals surface area (Å²) in [6.07, 6.45) is 4.84. The molecule has 0 spiro atoms. The molecule has 0 aromatic carbocycles. The van der Waals surface area contributed by atoms with Crippen LogP contribution in [0.4, 0.5) is 0 Å². The fraction of sp³-hybridized carbons (Fsp3) is 0.583. The van der Waals surface area contributed by atoms with Crippen molar-refractivity contribution in [3.63, 3.8) is 0 Å². The Bertz CT molecular complexity index is 304. The Kier molecular flexibility index (Phi) is 4.27. The number of pyridine rings is 1. The predicted octanol–water partition coefficient (Wildman–Crippen LogP) is 0.238. The molecule has 16 heavy (non-hydrogen) atoms. The summed E-state index contributed by atoms with van der Waals surface area (Å²) >= 11 is 0. The number of aromatic nitrogens is 1. The first-order valence-electron chi connectivity index (χ1n) is 5.84. The van der Waals surface area contributed by atoms with Gasteiger partial charge in [-0.15, -0.1) is 0 Å². The van der Waals surface area contributed by atoms with E-state index in [1.54, 1.807) is 6.20 Å². The van der Waals surface area contributed by atoms with Crippen molar-refractivity contribution in [2.24, 2.45) is 0 Å². The van der Waals surface area contributed by atoms with Crippen molar-refractivity contribution < 1.29 is 5.11 Å². The van der Waals surface area contributed by atoms with E-state index in [1.807, 2.05) is 12.3 Å². The van der Waals surface area contributed by atoms with Gasteiger partial charge in [0.25, 0.3) is 0 Å². The van der Waals surface area contributed by atoms with Gasteiger partial charge < -0.3 is 10.4 Å². The summed E-state index contributed by atoms with van der Waals surface area (Å²) in [5, 5.41) is 12.5. The van der Waals surface area contributed by atoms with Crippen LogP contribution in [0.25, 0.3) is 0 Å². The topological polar surface area (TPSA) is 48.4 Å². The van der Waals surface area contributed by atoms with Gasteiger partial charge in [-0.1, -0.05) is 6.07 Å². The minimum Gasteiger partial charge on any atom is -0.395 e. The van der Waals surface area contributed by atoms with Crippen molar-refractivity contribution in [3.8, 4) is 0 Å². The zero-order valence-electron chi connectivity index (χ0n) is 9.47. The summed E-state index contributed by atoms with van der Waals surface area (Å²) in [4.78, 5) is 6.49. The van der Waals surface area contributed by atoms with Crippen molar-refractivity contribution in [1.29, 1.82) is 0 Å². The summed E-state index contributed by atoms with van der Waals surface area (Å²) in [6.45, 7) is 4.12. The van der Waals surface area contributed by atoms with Crippen molar-refractivity contribution in [3.05, 3.63) is 30.1 Å². The first kappa shape index (κ1) is 11.5. The molecule has 1 atom stereocenters. The molecule has 88 valence electrons. The molecule has 2 N–H and O–H groups in total. The summed E-state index contributed by atoms with van der Waals surface area (Å²) in [5.41, 5.74) is 1.24. The van der Waals surface area contributed by atoms with Crippen molar-refractivity contribution in [2.45, 2.75) is 19.0 Å². The van der Waals surface area contributed by atoms with Crippen LogP contribution in [0.5, 0.6) is 0 Å². The van der Waals surface area contributed by atoms with E-state index in [0.29, 0.717) is 0 Å². The first-order chi connectivity index (χ1) is 7.88. The second kappa shape index (κ2) is 5.94. The lowest BCUT2D eigenvalue weighted by Crippen LogP contribution is -2.39. The maximum atomic E-state index is 9.20. The number of nitrogens with one attached hydrogen (secondary N) is 1. The molecule has 1 aromatic heterocycles. The summed E-state index contributed by atoms with van der Waals surface area (Å²) in [5.74, 6) is 0. The van der Waals surface area contributed by atoms with Gasteiger partial charge in [-0.05, 0) is 31.1 Å². The predicted molar refractivity (Wildman–Crippen MR) is 63.0 cm³/mol. The van der Waals surface area contributed by atoms with Crippen LogP contribution >= 0.6 is 0 Å². The number of hydrogen-bond acceptors (Lipinski definition) is 4. The largest absolute Gasteiger partial charge is 0.395 e. The molecule has 2 heterocycles. The molecule has 0 radical (unpaired) electrons. The fourth-order valence-corrected chi connectivity index (χ4v) is 2.09. The van der Waals surface area contributed by atoms with Crippen LogP contribution in [0.15, 0.2) is 24.5 Å². The first-order valence-corrected chi connectivity index (χ1v) is 5.84. The lowest BCUT2D eigenvalue weighted by Gasteiger charge is -2.23. The maximum Gasteiger partial charge on any atom is 0.0597 e. The maximum absolute atomic E-state index is 9.20. The van der Waals surface area contributed by atoms with E-state index in [-0.39, 0.29) is 12.6 Å². The number of nitrogens with zero attached hydrogens (tertiary/aromatic N) is 2. The number of rotatable bonds is 3. The lowest BCUT2D eigenvalue weighted by atomic mass is 10.2. The molecule has 1 unspecified atom stereocenters. The second-order valence-electron chi connectivity index (χ2n) is 4.28. The van der Waals surface area contributed by atoms with Gasteiger partial charge >= 0.3 is 0 Å². The molecule has 0 saturated carbocycles. The number of hydrogen-bond donors (Lipinski definition) is 2. The molecule has 0 amide bonds. The molecule has 2 rings (SSSR count). The molecular weight excluding hydrogens is 202 g/mol. The van der Waals surface area contributed by atoms with Gasteiger partial charge in [0.2, 0.25) is 0 Å². The lowest BCUT2D eigenvalue weighted by molar-refractivity contribution is 0.196. The quantitative estimate of drug-likeness (QED) is 0.767. The van der Waals surface area contributed by atoms with Crippen molar-refractivity contribution in [1.82, 2.24) is 15.2 Å². The highest BCUT2D eigenvalue weighted by molar-refractivity contribution is 5.08. The summed E-state index contributed by atoms with van der Waals surface area (Å²) in [6, 6.07) is 4.27. The standard InChI is InChI=1S/C12H19N3O/c16-10-12-9-15(6-2-5-14-12)8-11-3-1-4-13-7-11/h1,3-4,7,12,14,16H,2,5-6,8-10H2. The van der Waals surface area contributed by atoms with Gasteiger partial charge in [0.05, 0.1) is 6.61 Å². The fourth-order valence-electron chi connectivity index (χ4n) is 2.09. The van der Waals surface area contributed by atoms with Crippen LogP contribution in [-0.2, 0) is 6.54 Å². The van der Waals surface area contributed by atoms with E-state index in [0.717, 1.165) is 32.6 Å². The van der Waals surface area contributed by atoms with Gasteiger partial charge in [-0.3, -0.25) is 9.88 Å². The number of aliphatic hydroxyl groups is 1. The van der Waals surface area contributed by atoms with E-state index in [4.69, 9.17) is 0 Å². The van der Waals surface area contributed by atoms with Gasteiger partial charge in [0.15, 0.2) is 0 Å². The van der Waals surface area contributed by atoms with Crippen molar-refractivity contribution >= 4 is 0 Å². The normalized spacial score (nSPS) is 22.9. The molecule has 4 nitrogen and oxygen atoms in total. The molecule has 1 saturated heterocycles. The van der Waals surface area contributed by atoms with E-state index in [1.165, 1.54) is 5.56 Å². The zero-order valence-corrected chi connectivity index (χ0v) is 9.47. The third-order valence-electron chi connectivity index (χ3n) is 2.91. The molecule has 0 bridgehead atoms. The average Bonchev–Trinajstić information content (AvgIpc) is 2.55. The Balaban J connectivity index is 1.93. The molecule has 0 aliphatic carbocycles. The van der Waals surface area contributed by atoms with E-state index < -0.39 is 0 Å². The second-order valence-corrected chi connectivity index (χ2v) is 4.28. The molecule has 1 aliphatic rings. The Morgan fingerprint density at radius 3 is 3.25 bits per heavy atom. The third kappa shape index (κ3) is 3.27. The highest BCUT2D eigenvalue weighted by atomic mass is 16.3. The Hall–Kier alpha value is -0.970.